The maximum atomic E-state index is 12.7. The molecule has 0 bridgehead atoms. The molecule has 1 atom stereocenters. The second-order valence-electron chi connectivity index (χ2n) is 14.2. The molecule has 290 valence electrons. The van der Waals surface area contributed by atoms with Crippen molar-refractivity contribution >= 4 is 17.8 Å². The summed E-state index contributed by atoms with van der Waals surface area (Å²) in [5.41, 5.74) is 0. The van der Waals surface area contributed by atoms with Gasteiger partial charge in [-0.15, -0.1) is 0 Å². The van der Waals surface area contributed by atoms with Gasteiger partial charge in [-0.05, 0) is 76.7 Å². The third-order valence-corrected chi connectivity index (χ3v) is 9.27. The largest absolute Gasteiger partial charge is 0.480 e. The first-order valence-corrected chi connectivity index (χ1v) is 21.1. The Morgan fingerprint density at radius 1 is 0.540 bits per heavy atom. The van der Waals surface area contributed by atoms with E-state index in [2.05, 4.69) is 55.6 Å². The quantitative estimate of drug-likeness (QED) is 0.0380. The van der Waals surface area contributed by atoms with Crippen LogP contribution in [-0.4, -0.2) is 35.6 Å². The van der Waals surface area contributed by atoms with E-state index in [4.69, 9.17) is 9.84 Å². The Hall–Kier alpha value is -2.37. The van der Waals surface area contributed by atoms with Gasteiger partial charge in [-0.3, -0.25) is 14.4 Å². The van der Waals surface area contributed by atoms with E-state index < -0.39 is 5.97 Å². The Bertz CT molecular complexity index is 864. The molecule has 1 amide bonds. The summed E-state index contributed by atoms with van der Waals surface area (Å²) in [4.78, 5) is 34.8. The molecule has 0 saturated heterocycles. The van der Waals surface area contributed by atoms with Crippen molar-refractivity contribution in [1.29, 1.82) is 0 Å². The number of aliphatic carboxylic acids is 1. The average molecular weight is 702 g/mol. The predicted molar refractivity (Wildman–Crippen MR) is 212 cm³/mol. The second kappa shape index (κ2) is 39.4. The Kier molecular flexibility index (Phi) is 37.5. The summed E-state index contributed by atoms with van der Waals surface area (Å²) in [5, 5.41) is 11.0. The van der Waals surface area contributed by atoms with Crippen LogP contribution in [0.25, 0.3) is 0 Å². The molecular formula is C44H79NO5. The van der Waals surface area contributed by atoms with Crippen molar-refractivity contribution in [2.75, 3.05) is 6.54 Å². The number of hydrogen-bond donors (Lipinski definition) is 2. The van der Waals surface area contributed by atoms with Gasteiger partial charge in [-0.25, -0.2) is 0 Å². The number of allylic oxidation sites excluding steroid dienone is 5. The monoisotopic (exact) mass is 702 g/mol. The Labute approximate surface area is 308 Å². The van der Waals surface area contributed by atoms with Gasteiger partial charge in [0.05, 0.1) is 0 Å². The molecule has 50 heavy (non-hydrogen) atoms. The third kappa shape index (κ3) is 38.4. The van der Waals surface area contributed by atoms with Crippen molar-refractivity contribution in [3.8, 4) is 0 Å². The van der Waals surface area contributed by atoms with Crippen molar-refractivity contribution < 1.29 is 24.2 Å². The summed E-state index contributed by atoms with van der Waals surface area (Å²) in [5.74, 6) is -1.29. The number of unbranched alkanes of at least 4 members (excludes halogenated alkanes) is 23. The number of rotatable bonds is 38. The van der Waals surface area contributed by atoms with E-state index in [0.717, 1.165) is 70.6 Å². The van der Waals surface area contributed by atoms with E-state index in [9.17, 15) is 14.4 Å². The molecular weight excluding hydrogens is 622 g/mol. The van der Waals surface area contributed by atoms with Gasteiger partial charge >= 0.3 is 11.9 Å². The van der Waals surface area contributed by atoms with Crippen molar-refractivity contribution in [3.63, 3.8) is 0 Å². The zero-order valence-corrected chi connectivity index (χ0v) is 32.7. The number of carboxylic acids is 1. The lowest BCUT2D eigenvalue weighted by Gasteiger charge is -2.14. The summed E-state index contributed by atoms with van der Waals surface area (Å²) in [6.45, 7) is 4.19. The Morgan fingerprint density at radius 3 is 1.54 bits per heavy atom. The maximum Gasteiger partial charge on any atom is 0.322 e. The molecule has 1 unspecified atom stereocenters. The lowest BCUT2D eigenvalue weighted by atomic mass is 10.0. The van der Waals surface area contributed by atoms with Gasteiger partial charge in [0, 0.05) is 12.8 Å². The van der Waals surface area contributed by atoms with Crippen molar-refractivity contribution in [3.05, 3.63) is 36.5 Å². The number of ether oxygens (including phenoxy) is 1. The first-order chi connectivity index (χ1) is 24.5. The fraction of sp³-hybridized carbons (Fsp3) is 0.795. The van der Waals surface area contributed by atoms with Gasteiger partial charge in [0.2, 0.25) is 5.91 Å². The second-order valence-corrected chi connectivity index (χ2v) is 14.2. The number of nitrogens with one attached hydrogen (secondary N) is 1. The van der Waals surface area contributed by atoms with Crippen LogP contribution in [0.5, 0.6) is 0 Å². The standard InChI is InChI=1S/C44H79NO5/c1-3-5-7-9-11-13-14-15-16-17-18-19-20-21-22-23-25-31-35-39-44(49)50-41(36-32-28-24-12-10-8-6-4-2)37-33-29-26-27-30-34-38-42(46)45-40-43(47)48/h12,15-16,24,32,36,41H,3-11,13-14,17-23,25-31,33-35,37-40H2,1-2H3,(H,45,46)(H,47,48)/b16-15-,24-12-,36-32-. The Morgan fingerprint density at radius 2 is 0.980 bits per heavy atom. The van der Waals surface area contributed by atoms with Crippen LogP contribution in [0, 0.1) is 0 Å². The molecule has 2 N–H and O–H groups in total. The molecule has 0 aliphatic rings. The predicted octanol–water partition coefficient (Wildman–Crippen LogP) is 12.9. The highest BCUT2D eigenvalue weighted by Crippen LogP contribution is 2.16. The molecule has 0 aromatic heterocycles. The zero-order valence-electron chi connectivity index (χ0n) is 32.7. The molecule has 0 rings (SSSR count). The minimum absolute atomic E-state index is 0.0723. The zero-order chi connectivity index (χ0) is 36.6. The molecule has 0 aliphatic heterocycles. The molecule has 0 radical (unpaired) electrons. The van der Waals surface area contributed by atoms with Gasteiger partial charge in [-0.2, -0.15) is 0 Å². The SMILES string of the molecule is CCCCC/C=C\C/C=C\C(CCCCCCCCC(=O)NCC(=O)O)OC(=O)CCCCCCCCCCC/C=C\CCCCCCCC. The molecule has 0 aliphatic carbocycles. The molecule has 0 aromatic rings. The number of amides is 1. The third-order valence-electron chi connectivity index (χ3n) is 9.27. The smallest absolute Gasteiger partial charge is 0.322 e. The van der Waals surface area contributed by atoms with Crippen LogP contribution in [-0.2, 0) is 19.1 Å². The van der Waals surface area contributed by atoms with Crippen molar-refractivity contribution in [1.82, 2.24) is 5.32 Å². The molecule has 0 spiro atoms. The fourth-order valence-electron chi connectivity index (χ4n) is 6.11. The molecule has 0 aromatic carbocycles. The van der Waals surface area contributed by atoms with Crippen LogP contribution in [0.2, 0.25) is 0 Å². The summed E-state index contributed by atoms with van der Waals surface area (Å²) in [7, 11) is 0. The highest BCUT2D eigenvalue weighted by atomic mass is 16.5. The highest BCUT2D eigenvalue weighted by molar-refractivity contribution is 5.80. The number of carboxylic acid groups (broad SMARTS) is 1. The summed E-state index contributed by atoms with van der Waals surface area (Å²) >= 11 is 0. The van der Waals surface area contributed by atoms with E-state index in [1.807, 2.05) is 0 Å². The minimum atomic E-state index is -1.02. The van der Waals surface area contributed by atoms with Crippen LogP contribution in [0.1, 0.15) is 213 Å². The lowest BCUT2D eigenvalue weighted by Crippen LogP contribution is -2.28. The van der Waals surface area contributed by atoms with Crippen LogP contribution in [0.4, 0.5) is 0 Å². The molecule has 0 fully saturated rings. The van der Waals surface area contributed by atoms with E-state index in [-0.39, 0.29) is 24.5 Å². The van der Waals surface area contributed by atoms with Gasteiger partial charge in [0.15, 0.2) is 0 Å². The van der Waals surface area contributed by atoms with E-state index >= 15 is 0 Å². The van der Waals surface area contributed by atoms with Crippen LogP contribution < -0.4 is 5.32 Å². The summed E-state index contributed by atoms with van der Waals surface area (Å²) < 4.78 is 5.92. The van der Waals surface area contributed by atoms with Crippen LogP contribution >= 0.6 is 0 Å². The first kappa shape index (κ1) is 47.6. The molecule has 6 heteroatoms. The maximum absolute atomic E-state index is 12.7. The molecule has 0 heterocycles. The van der Waals surface area contributed by atoms with Gasteiger partial charge in [0.25, 0.3) is 0 Å². The Balaban J connectivity index is 4.07. The van der Waals surface area contributed by atoms with Gasteiger partial charge in [-0.1, -0.05) is 160 Å². The number of carbonyl (C=O) groups is 3. The highest BCUT2D eigenvalue weighted by Gasteiger charge is 2.11. The molecule has 0 saturated carbocycles. The summed E-state index contributed by atoms with van der Waals surface area (Å²) in [6.07, 6.45) is 48.6. The lowest BCUT2D eigenvalue weighted by molar-refractivity contribution is -0.147. The number of hydrogen-bond acceptors (Lipinski definition) is 4. The van der Waals surface area contributed by atoms with Gasteiger partial charge < -0.3 is 15.2 Å². The van der Waals surface area contributed by atoms with Crippen molar-refractivity contribution in [2.45, 2.75) is 219 Å². The van der Waals surface area contributed by atoms with Crippen molar-refractivity contribution in [2.24, 2.45) is 0 Å². The minimum Gasteiger partial charge on any atom is -0.480 e. The first-order valence-electron chi connectivity index (χ1n) is 21.1. The van der Waals surface area contributed by atoms with E-state index in [1.54, 1.807) is 0 Å². The molecule has 6 nitrogen and oxygen atoms in total. The van der Waals surface area contributed by atoms with E-state index in [0.29, 0.717) is 12.8 Å². The van der Waals surface area contributed by atoms with Crippen LogP contribution in [0.3, 0.4) is 0 Å². The summed E-state index contributed by atoms with van der Waals surface area (Å²) in [6, 6.07) is 0. The normalized spacial score (nSPS) is 12.4. The average Bonchev–Trinajstić information content (AvgIpc) is 3.10. The fourth-order valence-corrected chi connectivity index (χ4v) is 6.11. The van der Waals surface area contributed by atoms with Gasteiger partial charge in [0.1, 0.15) is 12.6 Å². The topological polar surface area (TPSA) is 92.7 Å². The number of esters is 1. The van der Waals surface area contributed by atoms with E-state index in [1.165, 1.54) is 116 Å². The number of carbonyl (C=O) groups excluding carboxylic acids is 2. The van der Waals surface area contributed by atoms with Crippen LogP contribution in [0.15, 0.2) is 36.5 Å².